The van der Waals surface area contributed by atoms with E-state index >= 15 is 0 Å². The largest absolute Gasteiger partial charge is 0.465 e. The summed E-state index contributed by atoms with van der Waals surface area (Å²) >= 11 is 0. The molecule has 0 aromatic heterocycles. The van der Waals surface area contributed by atoms with Crippen molar-refractivity contribution in [1.29, 1.82) is 0 Å². The standard InChI is InChI=1S/C89H136N12O40/c1-61(2)73(106)122-41-21-90-81(114)130-49-33-98(34-50-131-82(115)91-22-42-123-74(107)62(3)4)29-17-69(102)138-57-89(58-139-70(103)18-30-99(35-51-132-83(116)92-23-43-124-75(108)63(5)6)36-52-133-84(117)93-24-44-125-76(109)64(7)8,59-140-71(104)19-31-100(37-53-134-85(118)94-25-45-126-77(110)65(9)10)38-54-135-86(119)95-26-46-127-78(111)66(11)12)60-141-72(105)20-32-101(39-55-136-87(120)96-27-47-128-79(112)67(13)14)40-56-137-88(121)97-28-48-129-80(113)68(15)16/h1,3,5,7,9,11,13,15,17-60H2,2,4,6,8,10,12,14,16H3,(H,90,114)(H,91,115)(H,92,116)(H,93,117)(H,94,118)(H,95,119)(H,96,120)(H,97,121). The lowest BCUT2D eigenvalue weighted by atomic mass is 9.92. The molecule has 0 aromatic carbocycles. The first kappa shape index (κ1) is 127. The van der Waals surface area contributed by atoms with E-state index in [1.54, 1.807) is 0 Å². The number of alkyl carbamates (subject to hydrolysis) is 8. The third-order valence-electron chi connectivity index (χ3n) is 17.4. The van der Waals surface area contributed by atoms with Crippen LogP contribution in [0.15, 0.2) is 97.2 Å². The van der Waals surface area contributed by atoms with E-state index in [0.29, 0.717) is 0 Å². The molecule has 0 unspecified atom stereocenters. The SMILES string of the molecule is C=C(C)C(=O)OCCNC(=O)OCCN(CCOC(=O)NCCOC(=O)C(=C)C)CCC(=O)OCC(COC(=O)CCN(CCOC(=O)NCCOC(=O)C(=C)C)CCOC(=O)NCCOC(=O)C(=C)C)(COC(=O)CCN(CCOC(=O)NCCOC(=O)C(=C)C)CCOC(=O)NCCOC(=O)C(=C)C)COC(=O)CCN(CCOC(=O)NCCOC(=O)C(=C)C)CCOC(=O)NCCOC(=O)C(=C)C. The van der Waals surface area contributed by atoms with Crippen LogP contribution < -0.4 is 42.5 Å². The molecule has 0 rings (SSSR count). The van der Waals surface area contributed by atoms with Crippen molar-refractivity contribution >= 4 is 120 Å². The molecule has 0 aliphatic heterocycles. The number of nitrogens with zero attached hydrogens (tertiary/aromatic N) is 4. The van der Waals surface area contributed by atoms with E-state index in [1.165, 1.54) is 75.0 Å². The fourth-order valence-corrected chi connectivity index (χ4v) is 9.72. The lowest BCUT2D eigenvalue weighted by Crippen LogP contribution is -2.45. The molecule has 8 amide bonds. The van der Waals surface area contributed by atoms with Crippen LogP contribution >= 0.6 is 0 Å². The van der Waals surface area contributed by atoms with Crippen molar-refractivity contribution in [3.8, 4) is 0 Å². The van der Waals surface area contributed by atoms with Crippen LogP contribution in [0.1, 0.15) is 81.1 Å². The minimum absolute atomic E-state index is 0.101. The maximum atomic E-state index is 14.4. The van der Waals surface area contributed by atoms with Gasteiger partial charge in [0.1, 0.15) is 138 Å². The summed E-state index contributed by atoms with van der Waals surface area (Å²) < 4.78 is 106. The Morgan fingerprint density at radius 3 is 0.411 bits per heavy atom. The summed E-state index contributed by atoms with van der Waals surface area (Å²) in [5.74, 6) is -9.97. The predicted octanol–water partition coefficient (Wildman–Crippen LogP) is 1.68. The fourth-order valence-electron chi connectivity index (χ4n) is 9.72. The Hall–Kier alpha value is -14.4. The van der Waals surface area contributed by atoms with Gasteiger partial charge in [0.25, 0.3) is 0 Å². The van der Waals surface area contributed by atoms with Gasteiger partial charge in [0.2, 0.25) is 0 Å². The first-order valence-electron chi connectivity index (χ1n) is 44.2. The smallest absolute Gasteiger partial charge is 0.407 e. The summed E-state index contributed by atoms with van der Waals surface area (Å²) in [5.41, 5.74) is -1.34. The third kappa shape index (κ3) is 69.9. The van der Waals surface area contributed by atoms with Gasteiger partial charge in [0.05, 0.1) is 78.0 Å². The summed E-state index contributed by atoms with van der Waals surface area (Å²) in [4.78, 5) is 261. The van der Waals surface area contributed by atoms with Gasteiger partial charge in [-0.2, -0.15) is 0 Å². The normalized spacial score (nSPS) is 10.6. The Labute approximate surface area is 816 Å². The predicted molar refractivity (Wildman–Crippen MR) is 491 cm³/mol. The van der Waals surface area contributed by atoms with E-state index in [9.17, 15) is 95.9 Å². The van der Waals surface area contributed by atoms with E-state index in [2.05, 4.69) is 95.2 Å². The summed E-state index contributed by atoms with van der Waals surface area (Å²) in [6.07, 6.45) is -9.96. The van der Waals surface area contributed by atoms with Crippen molar-refractivity contribution in [2.24, 2.45) is 5.41 Å². The van der Waals surface area contributed by atoms with Crippen molar-refractivity contribution in [3.63, 3.8) is 0 Å². The number of amides is 8. The molecule has 0 aromatic rings. The van der Waals surface area contributed by atoms with Crippen LogP contribution in [-0.2, 0) is 152 Å². The highest BCUT2D eigenvalue weighted by Gasteiger charge is 2.39. The van der Waals surface area contributed by atoms with Gasteiger partial charge in [0.15, 0.2) is 0 Å². The average Bonchev–Trinajstić information content (AvgIpc) is 0.847. The van der Waals surface area contributed by atoms with Gasteiger partial charge in [-0.25, -0.2) is 76.7 Å². The van der Waals surface area contributed by atoms with Crippen molar-refractivity contribution in [1.82, 2.24) is 62.1 Å². The summed E-state index contributed by atoms with van der Waals surface area (Å²) in [6, 6.07) is 0. The molecule has 0 aliphatic carbocycles. The molecule has 0 saturated carbocycles. The molecule has 0 aliphatic rings. The quantitative estimate of drug-likeness (QED) is 0.0186. The van der Waals surface area contributed by atoms with Crippen LogP contribution in [0.25, 0.3) is 0 Å². The number of rotatable bonds is 76. The number of carbonyl (C=O) groups excluding carboxylic acids is 20. The van der Waals surface area contributed by atoms with E-state index in [0.717, 1.165) is 0 Å². The topological polar surface area (TPSA) is 635 Å². The molecule has 0 atom stereocenters. The van der Waals surface area contributed by atoms with Gasteiger partial charge in [-0.15, -0.1) is 0 Å². The molecular weight excluding hydrogens is 1880 g/mol. The van der Waals surface area contributed by atoms with Gasteiger partial charge < -0.3 is 137 Å². The number of ether oxygens (including phenoxy) is 20. The second-order valence-electron chi connectivity index (χ2n) is 30.3. The Morgan fingerprint density at radius 1 is 0.177 bits per heavy atom. The van der Waals surface area contributed by atoms with Crippen LogP contribution in [0.5, 0.6) is 0 Å². The maximum absolute atomic E-state index is 14.4. The van der Waals surface area contributed by atoms with Crippen LogP contribution in [0.3, 0.4) is 0 Å². The zero-order valence-corrected chi connectivity index (χ0v) is 81.4. The second kappa shape index (κ2) is 76.5. The number of esters is 12. The summed E-state index contributed by atoms with van der Waals surface area (Å²) in [5, 5.41) is 19.2. The molecule has 8 N–H and O–H groups in total. The van der Waals surface area contributed by atoms with Crippen molar-refractivity contribution in [2.75, 3.05) is 263 Å². The number of nitrogens with one attached hydrogen (secondary N) is 8. The fraction of sp³-hybridized carbons (Fsp3) is 0.596. The number of carbonyl (C=O) groups is 20. The Morgan fingerprint density at radius 2 is 0.298 bits per heavy atom. The Bertz CT molecular complexity index is 3470. The highest BCUT2D eigenvalue weighted by atomic mass is 16.6. The van der Waals surface area contributed by atoms with Crippen LogP contribution in [0.2, 0.25) is 0 Å². The lowest BCUT2D eigenvalue weighted by molar-refractivity contribution is -0.171. The molecule has 0 radical (unpaired) electrons. The maximum Gasteiger partial charge on any atom is 0.407 e. The molecule has 792 valence electrons. The molecule has 0 saturated heterocycles. The average molecular weight is 2010 g/mol. The van der Waals surface area contributed by atoms with E-state index in [4.69, 9.17) is 94.7 Å². The zero-order chi connectivity index (χ0) is 106. The first-order valence-corrected chi connectivity index (χ1v) is 44.2. The van der Waals surface area contributed by atoms with Gasteiger partial charge in [0, 0.05) is 123 Å². The molecule has 0 heterocycles. The highest BCUT2D eigenvalue weighted by Crippen LogP contribution is 2.23. The first-order chi connectivity index (χ1) is 66.8. The van der Waals surface area contributed by atoms with Gasteiger partial charge in [-0.3, -0.25) is 38.8 Å². The van der Waals surface area contributed by atoms with Crippen molar-refractivity contribution in [2.45, 2.75) is 81.1 Å². The Balaban J connectivity index is 8.27. The van der Waals surface area contributed by atoms with Crippen LogP contribution in [-0.4, -0.2) is 403 Å². The van der Waals surface area contributed by atoms with Crippen molar-refractivity contribution in [3.05, 3.63) is 97.2 Å². The van der Waals surface area contributed by atoms with Gasteiger partial charge >= 0.3 is 120 Å². The van der Waals surface area contributed by atoms with Gasteiger partial charge in [-0.05, 0) is 55.4 Å². The minimum Gasteiger partial charge on any atom is -0.465 e. The van der Waals surface area contributed by atoms with Crippen LogP contribution in [0, 0.1) is 5.41 Å². The summed E-state index contributed by atoms with van der Waals surface area (Å²) in [6.45, 7) is 26.4. The van der Waals surface area contributed by atoms with Gasteiger partial charge in [-0.1, -0.05) is 52.6 Å². The van der Waals surface area contributed by atoms with E-state index in [-0.39, 0.29) is 281 Å². The zero-order valence-electron chi connectivity index (χ0n) is 81.4. The molecule has 0 spiro atoms. The molecule has 141 heavy (non-hydrogen) atoms. The second-order valence-corrected chi connectivity index (χ2v) is 30.3. The minimum atomic E-state index is -2.15. The summed E-state index contributed by atoms with van der Waals surface area (Å²) in [7, 11) is 0. The van der Waals surface area contributed by atoms with E-state index < -0.39 is 178 Å². The lowest BCUT2D eigenvalue weighted by Gasteiger charge is -2.32. The molecule has 0 bridgehead atoms. The third-order valence-corrected chi connectivity index (χ3v) is 17.4. The molecule has 52 heteroatoms. The molecule has 52 nitrogen and oxygen atoms in total. The monoisotopic (exact) mass is 2010 g/mol. The molecular formula is C89H136N12O40. The van der Waals surface area contributed by atoms with Crippen molar-refractivity contribution < 1.29 is 191 Å². The highest BCUT2D eigenvalue weighted by molar-refractivity contribution is 5.90. The van der Waals surface area contributed by atoms with E-state index in [1.807, 2.05) is 0 Å². The number of hydrogen-bond donors (Lipinski definition) is 8. The number of hydrogen-bond acceptors (Lipinski definition) is 44. The van der Waals surface area contributed by atoms with Crippen LogP contribution in [0.4, 0.5) is 38.4 Å². The molecule has 0 fully saturated rings. The Kier molecular flexibility index (Phi) is 68.7.